The summed E-state index contributed by atoms with van der Waals surface area (Å²) in [6.07, 6.45) is 0. The van der Waals surface area contributed by atoms with Crippen LogP contribution in [0.25, 0.3) is 0 Å². The van der Waals surface area contributed by atoms with Gasteiger partial charge in [0.05, 0.1) is 0 Å². The number of nitrogens with zero attached hydrogens (tertiary/aromatic N) is 1. The van der Waals surface area contributed by atoms with E-state index in [0.29, 0.717) is 11.6 Å². The highest BCUT2D eigenvalue weighted by Gasteiger charge is 2.26. The van der Waals surface area contributed by atoms with Crippen LogP contribution in [0.15, 0.2) is 18.2 Å². The molecule has 1 saturated heterocycles. The molecule has 17 heavy (non-hydrogen) atoms. The molecule has 0 bridgehead atoms. The third-order valence-corrected chi connectivity index (χ3v) is 4.47. The Bertz CT molecular complexity index is 397. The van der Waals surface area contributed by atoms with Crippen LogP contribution in [0.5, 0.6) is 0 Å². The van der Waals surface area contributed by atoms with Crippen molar-refractivity contribution in [2.75, 3.05) is 25.1 Å². The molecule has 1 aromatic rings. The Morgan fingerprint density at radius 3 is 2.94 bits per heavy atom. The average Bonchev–Trinajstić information content (AvgIpc) is 2.32. The van der Waals surface area contributed by atoms with Gasteiger partial charge in [0.15, 0.2) is 0 Å². The van der Waals surface area contributed by atoms with Crippen molar-refractivity contribution in [3.63, 3.8) is 0 Å². The Balaban J connectivity index is 2.17. The first-order valence-corrected chi connectivity index (χ1v) is 7.04. The summed E-state index contributed by atoms with van der Waals surface area (Å²) in [6, 6.07) is 5.50. The molecule has 2 atom stereocenters. The minimum Gasteiger partial charge on any atom is -0.323 e. The Labute approximate surface area is 106 Å². The normalized spacial score (nSPS) is 23.6. The van der Waals surface area contributed by atoms with Crippen molar-refractivity contribution < 1.29 is 4.39 Å². The molecule has 0 aliphatic carbocycles. The zero-order chi connectivity index (χ0) is 12.4. The lowest BCUT2D eigenvalue weighted by Crippen LogP contribution is -2.46. The predicted molar refractivity (Wildman–Crippen MR) is 71.8 cm³/mol. The second-order valence-electron chi connectivity index (χ2n) is 4.66. The Hall–Kier alpha value is -0.580. The van der Waals surface area contributed by atoms with Crippen molar-refractivity contribution in [2.45, 2.75) is 19.0 Å². The van der Waals surface area contributed by atoms with E-state index >= 15 is 0 Å². The zero-order valence-corrected chi connectivity index (χ0v) is 11.1. The van der Waals surface area contributed by atoms with E-state index in [9.17, 15) is 4.39 Å². The van der Waals surface area contributed by atoms with Gasteiger partial charge < -0.3 is 5.73 Å². The molecule has 1 aromatic carbocycles. The van der Waals surface area contributed by atoms with E-state index in [1.165, 1.54) is 11.8 Å². The summed E-state index contributed by atoms with van der Waals surface area (Å²) in [5.41, 5.74) is 8.00. The fourth-order valence-corrected chi connectivity index (χ4v) is 3.47. The maximum atomic E-state index is 13.2. The van der Waals surface area contributed by atoms with Gasteiger partial charge >= 0.3 is 0 Å². The van der Waals surface area contributed by atoms with Crippen LogP contribution in [0, 0.1) is 12.7 Å². The molecule has 4 heteroatoms. The molecular weight excluding hydrogens is 235 g/mol. The second-order valence-corrected chi connectivity index (χ2v) is 5.81. The summed E-state index contributed by atoms with van der Waals surface area (Å²) in [5, 5.41) is 0. The minimum absolute atomic E-state index is 0.0351. The van der Waals surface area contributed by atoms with E-state index in [1.54, 1.807) is 13.0 Å². The maximum Gasteiger partial charge on any atom is 0.126 e. The first-order chi connectivity index (χ1) is 8.09. The summed E-state index contributed by atoms with van der Waals surface area (Å²) in [4.78, 5) is 2.31. The highest BCUT2D eigenvalue weighted by molar-refractivity contribution is 7.99. The van der Waals surface area contributed by atoms with Gasteiger partial charge in [0, 0.05) is 30.1 Å². The van der Waals surface area contributed by atoms with Gasteiger partial charge in [-0.2, -0.15) is 11.8 Å². The number of aryl methyl sites for hydroxylation is 1. The third kappa shape index (κ3) is 2.81. The smallest absolute Gasteiger partial charge is 0.126 e. The van der Waals surface area contributed by atoms with Gasteiger partial charge in [-0.3, -0.25) is 4.90 Å². The molecule has 2 nitrogen and oxygen atoms in total. The van der Waals surface area contributed by atoms with Gasteiger partial charge in [0.2, 0.25) is 0 Å². The SMILES string of the molecule is Cc1cc(C(N)C2CSCCN2C)ccc1F. The molecule has 1 fully saturated rings. The third-order valence-electron chi connectivity index (χ3n) is 3.42. The summed E-state index contributed by atoms with van der Waals surface area (Å²) < 4.78 is 13.2. The van der Waals surface area contributed by atoms with Gasteiger partial charge in [-0.05, 0) is 31.2 Å². The highest BCUT2D eigenvalue weighted by atomic mass is 32.2. The Kier molecular flexibility index (Phi) is 4.07. The monoisotopic (exact) mass is 254 g/mol. The van der Waals surface area contributed by atoms with Crippen LogP contribution in [-0.4, -0.2) is 36.0 Å². The lowest BCUT2D eigenvalue weighted by atomic mass is 9.98. The molecule has 2 unspecified atom stereocenters. The molecule has 0 amide bonds. The number of halogens is 1. The van der Waals surface area contributed by atoms with Crippen LogP contribution in [0.2, 0.25) is 0 Å². The van der Waals surface area contributed by atoms with E-state index in [0.717, 1.165) is 17.9 Å². The Morgan fingerprint density at radius 1 is 1.53 bits per heavy atom. The van der Waals surface area contributed by atoms with Crippen LogP contribution >= 0.6 is 11.8 Å². The highest BCUT2D eigenvalue weighted by Crippen LogP contribution is 2.25. The Morgan fingerprint density at radius 2 is 2.29 bits per heavy atom. The van der Waals surface area contributed by atoms with Crippen molar-refractivity contribution in [2.24, 2.45) is 5.73 Å². The fourth-order valence-electron chi connectivity index (χ4n) is 2.18. The lowest BCUT2D eigenvalue weighted by molar-refractivity contribution is 0.237. The predicted octanol–water partition coefficient (Wildman–Crippen LogP) is 2.18. The van der Waals surface area contributed by atoms with Gasteiger partial charge in [-0.15, -0.1) is 0 Å². The van der Waals surface area contributed by atoms with Crippen molar-refractivity contribution in [3.05, 3.63) is 35.1 Å². The first kappa shape index (κ1) is 12.9. The van der Waals surface area contributed by atoms with E-state index in [1.807, 2.05) is 17.8 Å². The lowest BCUT2D eigenvalue weighted by Gasteiger charge is -2.36. The summed E-state index contributed by atoms with van der Waals surface area (Å²) >= 11 is 1.94. The van der Waals surface area contributed by atoms with Gasteiger partial charge in [-0.25, -0.2) is 4.39 Å². The topological polar surface area (TPSA) is 29.3 Å². The van der Waals surface area contributed by atoms with Crippen LogP contribution in [0.4, 0.5) is 4.39 Å². The fraction of sp³-hybridized carbons (Fsp3) is 0.538. The molecule has 94 valence electrons. The van der Waals surface area contributed by atoms with Gasteiger partial charge in [0.1, 0.15) is 5.82 Å². The van der Waals surface area contributed by atoms with E-state index in [2.05, 4.69) is 11.9 Å². The average molecular weight is 254 g/mol. The molecular formula is C13H19FN2S. The number of hydrogen-bond donors (Lipinski definition) is 1. The number of thioether (sulfide) groups is 1. The molecule has 1 aliphatic rings. The molecule has 1 aliphatic heterocycles. The number of likely N-dealkylation sites (N-methyl/N-ethyl adjacent to an activating group) is 1. The second kappa shape index (κ2) is 5.38. The molecule has 0 radical (unpaired) electrons. The van der Waals surface area contributed by atoms with Gasteiger partial charge in [-0.1, -0.05) is 12.1 Å². The van der Waals surface area contributed by atoms with Crippen molar-refractivity contribution in [1.82, 2.24) is 4.90 Å². The number of rotatable bonds is 2. The van der Waals surface area contributed by atoms with E-state index in [4.69, 9.17) is 5.73 Å². The number of nitrogens with two attached hydrogens (primary N) is 1. The first-order valence-electron chi connectivity index (χ1n) is 5.89. The minimum atomic E-state index is -0.160. The molecule has 0 spiro atoms. The van der Waals surface area contributed by atoms with Crippen molar-refractivity contribution in [1.29, 1.82) is 0 Å². The van der Waals surface area contributed by atoms with Gasteiger partial charge in [0.25, 0.3) is 0 Å². The van der Waals surface area contributed by atoms with Crippen molar-refractivity contribution in [3.8, 4) is 0 Å². The molecule has 0 saturated carbocycles. The molecule has 2 N–H and O–H groups in total. The standard InChI is InChI=1S/C13H19FN2S/c1-9-7-10(3-4-11(9)14)13(15)12-8-17-6-5-16(12)2/h3-4,7,12-13H,5-6,8,15H2,1-2H3. The van der Waals surface area contributed by atoms with E-state index in [-0.39, 0.29) is 11.9 Å². The molecule has 1 heterocycles. The quantitative estimate of drug-likeness (QED) is 0.877. The van der Waals surface area contributed by atoms with E-state index < -0.39 is 0 Å². The van der Waals surface area contributed by atoms with Crippen LogP contribution in [0.1, 0.15) is 17.2 Å². The summed E-state index contributed by atoms with van der Waals surface area (Å²) in [6.45, 7) is 2.86. The van der Waals surface area contributed by atoms with Crippen molar-refractivity contribution >= 4 is 11.8 Å². The maximum absolute atomic E-state index is 13.2. The summed E-state index contributed by atoms with van der Waals surface area (Å²) in [5.74, 6) is 2.06. The van der Waals surface area contributed by atoms with Crippen LogP contribution in [0.3, 0.4) is 0 Å². The zero-order valence-electron chi connectivity index (χ0n) is 10.3. The number of hydrogen-bond acceptors (Lipinski definition) is 3. The molecule has 2 rings (SSSR count). The number of benzene rings is 1. The molecule has 0 aromatic heterocycles. The summed E-state index contributed by atoms with van der Waals surface area (Å²) in [7, 11) is 2.11. The van der Waals surface area contributed by atoms with Crippen LogP contribution < -0.4 is 5.73 Å². The largest absolute Gasteiger partial charge is 0.323 e. The van der Waals surface area contributed by atoms with Crippen LogP contribution in [-0.2, 0) is 0 Å².